The quantitative estimate of drug-likeness (QED) is 0.865. The molecule has 1 aromatic rings. The van der Waals surface area contributed by atoms with Crippen LogP contribution in [-0.4, -0.2) is 23.8 Å². The molecule has 0 bridgehead atoms. The molecular formula is C18H22O4. The zero-order chi connectivity index (χ0) is 16.3. The van der Waals surface area contributed by atoms with Crippen LogP contribution in [0, 0.1) is 11.3 Å². The number of phenolic OH excluding ortho intramolecular Hbond substituents is 1. The molecule has 4 heteroatoms. The molecule has 3 rings (SSSR count). The molecule has 0 radical (unpaired) electrons. The molecule has 118 valence electrons. The van der Waals surface area contributed by atoms with Crippen LogP contribution >= 0.6 is 0 Å². The normalized spacial score (nSPS) is 29.7. The maximum atomic E-state index is 12.6. The number of hydrogen-bond donors (Lipinski definition) is 1. The Morgan fingerprint density at radius 1 is 1.23 bits per heavy atom. The number of rotatable bonds is 1. The predicted molar refractivity (Wildman–Crippen MR) is 82.5 cm³/mol. The average molecular weight is 302 g/mol. The number of ether oxygens (including phenoxy) is 1. The van der Waals surface area contributed by atoms with Crippen molar-refractivity contribution >= 4 is 11.6 Å². The number of carbonyl (C=O) groups is 2. The summed E-state index contributed by atoms with van der Waals surface area (Å²) in [4.78, 5) is 24.9. The Morgan fingerprint density at radius 3 is 2.55 bits per heavy atom. The van der Waals surface area contributed by atoms with Gasteiger partial charge >= 0.3 is 0 Å². The summed E-state index contributed by atoms with van der Waals surface area (Å²) in [5.41, 5.74) is 0.721. The Bertz CT molecular complexity index is 674. The van der Waals surface area contributed by atoms with Gasteiger partial charge in [-0.25, -0.2) is 0 Å². The van der Waals surface area contributed by atoms with Gasteiger partial charge in [0.15, 0.2) is 17.3 Å². The molecular weight excluding hydrogens is 280 g/mol. The summed E-state index contributed by atoms with van der Waals surface area (Å²) in [6, 6.07) is 3.29. The lowest BCUT2D eigenvalue weighted by atomic mass is 9.50. The van der Waals surface area contributed by atoms with Gasteiger partial charge in [-0.05, 0) is 35.4 Å². The van der Waals surface area contributed by atoms with E-state index in [1.807, 2.05) is 13.8 Å². The van der Waals surface area contributed by atoms with E-state index in [9.17, 15) is 14.7 Å². The molecule has 1 saturated carbocycles. The molecule has 1 fully saturated rings. The Kier molecular flexibility index (Phi) is 3.13. The first kappa shape index (κ1) is 15.1. The molecule has 1 N–H and O–H groups in total. The number of phenols is 1. The summed E-state index contributed by atoms with van der Waals surface area (Å²) in [5, 5.41) is 9.98. The molecule has 2 aliphatic rings. The van der Waals surface area contributed by atoms with Crippen molar-refractivity contribution in [2.75, 3.05) is 7.11 Å². The summed E-state index contributed by atoms with van der Waals surface area (Å²) < 4.78 is 5.22. The highest BCUT2D eigenvalue weighted by atomic mass is 16.5. The van der Waals surface area contributed by atoms with Crippen molar-refractivity contribution in [2.24, 2.45) is 11.3 Å². The van der Waals surface area contributed by atoms with Crippen LogP contribution in [0.3, 0.4) is 0 Å². The third-order valence-electron chi connectivity index (χ3n) is 5.85. The summed E-state index contributed by atoms with van der Waals surface area (Å²) in [5.74, 6) is 0.580. The topological polar surface area (TPSA) is 63.6 Å². The minimum absolute atomic E-state index is 0.00166. The zero-order valence-corrected chi connectivity index (χ0v) is 13.5. The van der Waals surface area contributed by atoms with Crippen molar-refractivity contribution in [3.05, 3.63) is 23.3 Å². The van der Waals surface area contributed by atoms with Crippen molar-refractivity contribution in [1.82, 2.24) is 0 Å². The number of carbonyl (C=O) groups excluding carboxylic acids is 2. The maximum absolute atomic E-state index is 12.6. The van der Waals surface area contributed by atoms with Crippen molar-refractivity contribution < 1.29 is 19.4 Å². The van der Waals surface area contributed by atoms with Crippen LogP contribution in [0.15, 0.2) is 12.1 Å². The van der Waals surface area contributed by atoms with E-state index in [-0.39, 0.29) is 28.6 Å². The molecule has 1 aromatic carbocycles. The van der Waals surface area contributed by atoms with Gasteiger partial charge in [0.05, 0.1) is 7.11 Å². The summed E-state index contributed by atoms with van der Waals surface area (Å²) in [6.07, 6.45) is 1.61. The van der Waals surface area contributed by atoms with Gasteiger partial charge in [0.25, 0.3) is 0 Å². The minimum atomic E-state index is -0.508. The molecule has 0 aliphatic heterocycles. The van der Waals surface area contributed by atoms with Gasteiger partial charge in [-0.15, -0.1) is 0 Å². The number of hydrogen-bond acceptors (Lipinski definition) is 4. The predicted octanol–water partition coefficient (Wildman–Crippen LogP) is 3.25. The zero-order valence-electron chi connectivity index (χ0n) is 13.5. The van der Waals surface area contributed by atoms with Crippen LogP contribution in [0.4, 0.5) is 0 Å². The average Bonchev–Trinajstić information content (AvgIpc) is 2.46. The molecule has 22 heavy (non-hydrogen) atoms. The fourth-order valence-corrected chi connectivity index (χ4v) is 4.39. The lowest BCUT2D eigenvalue weighted by molar-refractivity contribution is -0.136. The van der Waals surface area contributed by atoms with E-state index in [4.69, 9.17) is 4.74 Å². The van der Waals surface area contributed by atoms with Gasteiger partial charge in [0.1, 0.15) is 5.78 Å². The Morgan fingerprint density at radius 2 is 1.91 bits per heavy atom. The molecule has 0 spiro atoms. The summed E-state index contributed by atoms with van der Waals surface area (Å²) >= 11 is 0. The molecule has 2 aliphatic carbocycles. The van der Waals surface area contributed by atoms with E-state index < -0.39 is 5.41 Å². The van der Waals surface area contributed by atoms with Crippen LogP contribution in [0.25, 0.3) is 0 Å². The van der Waals surface area contributed by atoms with Crippen molar-refractivity contribution in [1.29, 1.82) is 0 Å². The highest BCUT2D eigenvalue weighted by Gasteiger charge is 2.55. The largest absolute Gasteiger partial charge is 0.504 e. The van der Waals surface area contributed by atoms with E-state index in [1.165, 1.54) is 13.2 Å². The van der Waals surface area contributed by atoms with Crippen LogP contribution < -0.4 is 4.74 Å². The van der Waals surface area contributed by atoms with E-state index >= 15 is 0 Å². The molecule has 0 aromatic heterocycles. The Hall–Kier alpha value is -1.84. The molecule has 2 unspecified atom stereocenters. The number of aromatic hydroxyl groups is 1. The monoisotopic (exact) mass is 302 g/mol. The number of ketones is 2. The van der Waals surface area contributed by atoms with Gasteiger partial charge < -0.3 is 9.84 Å². The maximum Gasteiger partial charge on any atom is 0.163 e. The Balaban J connectivity index is 2.23. The van der Waals surface area contributed by atoms with Gasteiger partial charge in [-0.1, -0.05) is 20.8 Å². The third-order valence-corrected chi connectivity index (χ3v) is 5.85. The van der Waals surface area contributed by atoms with Crippen molar-refractivity contribution in [3.63, 3.8) is 0 Å². The third kappa shape index (κ3) is 1.82. The standard InChI is InChI=1S/C18H22O4/c1-17(2)15-9-12(19)10-7-13(20)14(22-4)8-11(10)18(15,3)6-5-16(17)21/h7-8,15,20H,5-6,9H2,1-4H3. The second-order valence-electron chi connectivity index (χ2n) is 7.31. The van der Waals surface area contributed by atoms with Crippen LogP contribution in [0.5, 0.6) is 11.5 Å². The number of fused-ring (bicyclic) bond motifs is 3. The van der Waals surface area contributed by atoms with E-state index in [0.717, 1.165) is 12.0 Å². The number of benzene rings is 1. The highest BCUT2D eigenvalue weighted by molar-refractivity contribution is 6.01. The molecule has 0 heterocycles. The summed E-state index contributed by atoms with van der Waals surface area (Å²) in [7, 11) is 1.50. The van der Waals surface area contributed by atoms with Crippen LogP contribution in [0.1, 0.15) is 56.0 Å². The highest BCUT2D eigenvalue weighted by Crippen LogP contribution is 2.56. The Labute approximate surface area is 130 Å². The second-order valence-corrected chi connectivity index (χ2v) is 7.31. The van der Waals surface area contributed by atoms with Gasteiger partial charge in [0.2, 0.25) is 0 Å². The smallest absolute Gasteiger partial charge is 0.163 e. The van der Waals surface area contributed by atoms with E-state index in [1.54, 1.807) is 6.07 Å². The minimum Gasteiger partial charge on any atom is -0.504 e. The number of Topliss-reactive ketones (excluding diaryl/α,β-unsaturated/α-hetero) is 2. The molecule has 2 atom stereocenters. The first-order valence-corrected chi connectivity index (χ1v) is 7.70. The molecule has 0 saturated heterocycles. The molecule has 4 nitrogen and oxygen atoms in total. The van der Waals surface area contributed by atoms with Gasteiger partial charge in [0, 0.05) is 23.8 Å². The lowest BCUT2D eigenvalue weighted by Crippen LogP contribution is -2.53. The fourth-order valence-electron chi connectivity index (χ4n) is 4.39. The van der Waals surface area contributed by atoms with Gasteiger partial charge in [-0.2, -0.15) is 0 Å². The first-order valence-electron chi connectivity index (χ1n) is 7.70. The summed E-state index contributed by atoms with van der Waals surface area (Å²) in [6.45, 7) is 6.04. The lowest BCUT2D eigenvalue weighted by Gasteiger charge is -2.52. The van der Waals surface area contributed by atoms with Crippen LogP contribution in [-0.2, 0) is 10.2 Å². The second kappa shape index (κ2) is 4.58. The van der Waals surface area contributed by atoms with Gasteiger partial charge in [-0.3, -0.25) is 9.59 Å². The first-order chi connectivity index (χ1) is 10.2. The molecule has 0 amide bonds. The van der Waals surface area contributed by atoms with E-state index in [0.29, 0.717) is 24.2 Å². The van der Waals surface area contributed by atoms with E-state index in [2.05, 4.69) is 6.92 Å². The van der Waals surface area contributed by atoms with Crippen molar-refractivity contribution in [3.8, 4) is 11.5 Å². The number of methoxy groups -OCH3 is 1. The fraction of sp³-hybridized carbons (Fsp3) is 0.556. The SMILES string of the molecule is COc1cc2c(cc1O)C(=O)CC1C(C)(C)C(=O)CCC21C. The van der Waals surface area contributed by atoms with Crippen LogP contribution in [0.2, 0.25) is 0 Å². The van der Waals surface area contributed by atoms with Crippen molar-refractivity contribution in [2.45, 2.75) is 45.4 Å².